The highest BCUT2D eigenvalue weighted by atomic mass is 28.3. The second-order valence-electron chi connectivity index (χ2n) is 20.6. The third kappa shape index (κ3) is 6.58. The maximum Gasteiger partial charge on any atom is 0.0722 e. The summed E-state index contributed by atoms with van der Waals surface area (Å²) in [6.07, 6.45) is 5.10. The Labute approximate surface area is 312 Å². The molecule has 0 fully saturated rings. The second kappa shape index (κ2) is 12.3. The molecule has 2 atom stereocenters. The van der Waals surface area contributed by atoms with Crippen molar-refractivity contribution in [2.45, 2.75) is 143 Å². The van der Waals surface area contributed by atoms with Crippen molar-refractivity contribution in [2.75, 3.05) is 0 Å². The lowest BCUT2D eigenvalue weighted by Crippen LogP contribution is -2.42. The van der Waals surface area contributed by atoms with E-state index in [1.807, 2.05) is 0 Å². The highest BCUT2D eigenvalue weighted by molar-refractivity contribution is 6.81. The summed E-state index contributed by atoms with van der Waals surface area (Å²) in [5.74, 6) is 0. The van der Waals surface area contributed by atoms with Gasteiger partial charge in [0.2, 0.25) is 0 Å². The minimum atomic E-state index is -2.02. The van der Waals surface area contributed by atoms with Crippen LogP contribution in [-0.4, -0.2) is 8.07 Å². The van der Waals surface area contributed by atoms with Crippen LogP contribution in [0.5, 0.6) is 0 Å². The molecule has 0 amide bonds. The molecule has 2 aliphatic rings. The van der Waals surface area contributed by atoms with Crippen LogP contribution in [0.3, 0.4) is 0 Å². The number of fused-ring (bicyclic) bond motifs is 2. The maximum absolute atomic E-state index is 2.66. The molecule has 0 aliphatic heterocycles. The minimum Gasteiger partial charge on any atom is -0.0679 e. The molecule has 1 heteroatoms. The largest absolute Gasteiger partial charge is 0.0722 e. The van der Waals surface area contributed by atoms with E-state index in [1.165, 1.54) is 77.9 Å². The van der Waals surface area contributed by atoms with E-state index in [-0.39, 0.29) is 21.7 Å². The summed E-state index contributed by atoms with van der Waals surface area (Å²) in [5.41, 5.74) is 21.5. The van der Waals surface area contributed by atoms with Gasteiger partial charge in [-0.2, -0.15) is 0 Å². The van der Waals surface area contributed by atoms with Gasteiger partial charge in [0.05, 0.1) is 8.07 Å². The molecule has 268 valence electrons. The lowest BCUT2D eigenvalue weighted by atomic mass is 9.76. The first-order chi connectivity index (χ1) is 23.4. The van der Waals surface area contributed by atoms with Crippen LogP contribution in [0.1, 0.15) is 153 Å². The van der Waals surface area contributed by atoms with Crippen LogP contribution >= 0.6 is 0 Å². The molecular formula is C50H64Si. The van der Waals surface area contributed by atoms with Crippen molar-refractivity contribution < 1.29 is 0 Å². The summed E-state index contributed by atoms with van der Waals surface area (Å²) in [6, 6.07) is 28.9. The summed E-state index contributed by atoms with van der Waals surface area (Å²) in [6.45, 7) is 38.3. The van der Waals surface area contributed by atoms with Crippen molar-refractivity contribution in [1.82, 2.24) is 0 Å². The summed E-state index contributed by atoms with van der Waals surface area (Å²) in [4.78, 5) is 0. The third-order valence-corrected chi connectivity index (χ3v) is 16.5. The highest BCUT2D eigenvalue weighted by Crippen LogP contribution is 2.55. The Morgan fingerprint density at radius 3 is 1.10 bits per heavy atom. The molecule has 2 unspecified atom stereocenters. The topological polar surface area (TPSA) is 0 Å². The quantitative estimate of drug-likeness (QED) is 0.187. The Hall–Kier alpha value is -3.42. The van der Waals surface area contributed by atoms with E-state index in [9.17, 15) is 0 Å². The van der Waals surface area contributed by atoms with Gasteiger partial charge in [-0.25, -0.2) is 0 Å². The monoisotopic (exact) mass is 692 g/mol. The van der Waals surface area contributed by atoms with Gasteiger partial charge in [0.25, 0.3) is 0 Å². The van der Waals surface area contributed by atoms with Crippen LogP contribution in [0.25, 0.3) is 34.4 Å². The van der Waals surface area contributed by atoms with Gasteiger partial charge in [-0.3, -0.25) is 0 Å². The van der Waals surface area contributed by atoms with Crippen molar-refractivity contribution >= 4 is 20.2 Å². The smallest absolute Gasteiger partial charge is 0.0679 e. The molecule has 0 aromatic heterocycles. The summed E-state index contributed by atoms with van der Waals surface area (Å²) in [5, 5.41) is 0. The van der Waals surface area contributed by atoms with Crippen LogP contribution in [0.4, 0.5) is 0 Å². The average Bonchev–Trinajstić information content (AvgIpc) is 3.54. The molecule has 6 rings (SSSR count). The molecule has 0 saturated heterocycles. The zero-order valence-electron chi connectivity index (χ0n) is 34.7. The predicted molar refractivity (Wildman–Crippen MR) is 229 cm³/mol. The van der Waals surface area contributed by atoms with E-state index < -0.39 is 8.07 Å². The van der Waals surface area contributed by atoms with Crippen molar-refractivity contribution in [3.8, 4) is 22.3 Å². The molecule has 0 heterocycles. The van der Waals surface area contributed by atoms with Gasteiger partial charge in [0.15, 0.2) is 0 Å². The lowest BCUT2D eigenvalue weighted by molar-refractivity contribution is 0.569. The second-order valence-corrected chi connectivity index (χ2v) is 25.4. The Balaban J connectivity index is 1.46. The van der Waals surface area contributed by atoms with Gasteiger partial charge >= 0.3 is 0 Å². The van der Waals surface area contributed by atoms with E-state index in [0.717, 1.165) is 0 Å². The minimum absolute atomic E-state index is 0.0389. The normalized spacial score (nSPS) is 18.0. The SMILES string of the molecule is CC1=Cc2c(-c3ccc(C(C)(C)C)cc3C(C)(C)C)cccc2C1[Si](C)(C)C1C(C)=Cc2c(-c3ccc(C(C)(C)C)cc3C(C)(C)C)cccc21. The molecule has 0 N–H and O–H groups in total. The maximum atomic E-state index is 2.66. The first-order valence-corrected chi connectivity index (χ1v) is 22.5. The lowest BCUT2D eigenvalue weighted by Gasteiger charge is -2.39. The number of hydrogen-bond acceptors (Lipinski definition) is 0. The molecule has 0 saturated carbocycles. The Bertz CT molecular complexity index is 1920. The van der Waals surface area contributed by atoms with Crippen molar-refractivity contribution in [3.05, 3.63) is 128 Å². The van der Waals surface area contributed by atoms with E-state index in [4.69, 9.17) is 0 Å². The predicted octanol–water partition coefficient (Wildman–Crippen LogP) is 14.7. The number of allylic oxidation sites excluding steroid dienone is 2. The van der Waals surface area contributed by atoms with Gasteiger partial charge in [0, 0.05) is 11.1 Å². The standard InChI is InChI=1S/C50H64Si/c1-31-27-41-35(37-25-23-33(47(3,4)5)29-43(37)49(9,10)11)19-17-21-39(41)45(31)51(15,16)46-32(2)28-42-36(20-18-22-40(42)46)38-26-24-34(48(6,7)8)30-44(38)50(12,13)14/h17-30,45-46H,1-16H3. The van der Waals surface area contributed by atoms with Crippen LogP contribution in [0.2, 0.25) is 13.1 Å². The molecule has 4 aromatic carbocycles. The van der Waals surface area contributed by atoms with Crippen LogP contribution < -0.4 is 0 Å². The Morgan fingerprint density at radius 1 is 0.431 bits per heavy atom. The molecule has 2 aliphatic carbocycles. The first kappa shape index (κ1) is 37.3. The van der Waals surface area contributed by atoms with E-state index in [1.54, 1.807) is 0 Å². The van der Waals surface area contributed by atoms with Crippen molar-refractivity contribution in [2.24, 2.45) is 0 Å². The molecule has 0 bridgehead atoms. The number of rotatable bonds is 4. The Kier molecular flexibility index (Phi) is 9.03. The molecule has 0 spiro atoms. The molecule has 51 heavy (non-hydrogen) atoms. The van der Waals surface area contributed by atoms with E-state index >= 15 is 0 Å². The van der Waals surface area contributed by atoms with Crippen molar-refractivity contribution in [3.63, 3.8) is 0 Å². The highest BCUT2D eigenvalue weighted by Gasteiger charge is 2.47. The summed E-state index contributed by atoms with van der Waals surface area (Å²) < 4.78 is 0. The summed E-state index contributed by atoms with van der Waals surface area (Å²) in [7, 11) is -2.02. The molecule has 4 aromatic rings. The summed E-state index contributed by atoms with van der Waals surface area (Å²) >= 11 is 0. The van der Waals surface area contributed by atoms with Crippen LogP contribution in [0.15, 0.2) is 83.9 Å². The van der Waals surface area contributed by atoms with Crippen molar-refractivity contribution in [1.29, 1.82) is 0 Å². The number of benzene rings is 4. The zero-order chi connectivity index (χ0) is 37.6. The van der Waals surface area contributed by atoms with E-state index in [0.29, 0.717) is 11.1 Å². The van der Waals surface area contributed by atoms with Gasteiger partial charge in [-0.05, 0) is 102 Å². The molecule has 0 nitrogen and oxygen atoms in total. The van der Waals surface area contributed by atoms with Crippen LogP contribution in [-0.2, 0) is 21.7 Å². The van der Waals surface area contributed by atoms with Gasteiger partial charge in [-0.15, -0.1) is 0 Å². The fourth-order valence-corrected chi connectivity index (χ4v) is 14.4. The van der Waals surface area contributed by atoms with E-state index in [2.05, 4.69) is 195 Å². The Morgan fingerprint density at radius 2 is 0.784 bits per heavy atom. The zero-order valence-corrected chi connectivity index (χ0v) is 35.7. The third-order valence-electron chi connectivity index (χ3n) is 12.0. The average molecular weight is 693 g/mol. The van der Waals surface area contributed by atoms with Gasteiger partial charge in [0.1, 0.15) is 0 Å². The molecule has 0 radical (unpaired) electrons. The van der Waals surface area contributed by atoms with Crippen LogP contribution in [0, 0.1) is 0 Å². The van der Waals surface area contributed by atoms with Gasteiger partial charge < -0.3 is 0 Å². The fraction of sp³-hybridized carbons (Fsp3) is 0.440. The number of hydrogen-bond donors (Lipinski definition) is 0. The molecular weight excluding hydrogens is 629 g/mol. The van der Waals surface area contributed by atoms with Gasteiger partial charge in [-0.1, -0.05) is 192 Å². The fourth-order valence-electron chi connectivity index (χ4n) is 9.45. The first-order valence-electron chi connectivity index (χ1n) is 19.4.